The summed E-state index contributed by atoms with van der Waals surface area (Å²) in [6.45, 7) is 0. The molecule has 1 fully saturated rings. The van der Waals surface area contributed by atoms with Crippen LogP contribution in [0.3, 0.4) is 0 Å². The molecule has 1 heterocycles. The minimum atomic E-state index is -0.759. The molecule has 8 heteroatoms. The van der Waals surface area contributed by atoms with E-state index in [0.29, 0.717) is 5.69 Å². The second-order valence-electron chi connectivity index (χ2n) is 5.61. The second-order valence-corrected chi connectivity index (χ2v) is 6.78. The quantitative estimate of drug-likeness (QED) is 0.892. The molecular weight excluding hydrogens is 360 g/mol. The summed E-state index contributed by atoms with van der Waals surface area (Å²) in [6, 6.07) is 11.4. The van der Waals surface area contributed by atoms with E-state index in [4.69, 9.17) is 0 Å². The highest BCUT2D eigenvalue weighted by molar-refractivity contribution is 8.15. The summed E-state index contributed by atoms with van der Waals surface area (Å²) in [4.78, 5) is 30.2. The first kappa shape index (κ1) is 18.1. The van der Waals surface area contributed by atoms with Gasteiger partial charge >= 0.3 is 0 Å². The third-order valence-corrected chi connectivity index (χ3v) is 4.97. The number of halogens is 2. The predicted octanol–water partition coefficient (Wildman–Crippen LogP) is 3.55. The van der Waals surface area contributed by atoms with Gasteiger partial charge in [-0.2, -0.15) is 0 Å². The topological polar surface area (TPSA) is 61.8 Å². The van der Waals surface area contributed by atoms with Gasteiger partial charge in [0.05, 0.1) is 11.4 Å². The number of carbonyl (C=O) groups is 2. The average molecular weight is 375 g/mol. The van der Waals surface area contributed by atoms with Crippen molar-refractivity contribution in [2.24, 2.45) is 4.99 Å². The second kappa shape index (κ2) is 7.65. The Bertz CT molecular complexity index is 888. The molecule has 2 aromatic carbocycles. The highest BCUT2D eigenvalue weighted by atomic mass is 32.2. The molecule has 0 radical (unpaired) electrons. The van der Waals surface area contributed by atoms with E-state index in [2.05, 4.69) is 10.3 Å². The Balaban J connectivity index is 1.80. The third kappa shape index (κ3) is 4.08. The van der Waals surface area contributed by atoms with Crippen molar-refractivity contribution in [3.8, 4) is 0 Å². The Kier molecular flexibility index (Phi) is 5.32. The number of nitrogens with zero attached hydrogens (tertiary/aromatic N) is 2. The molecule has 134 valence electrons. The molecule has 0 aromatic heterocycles. The van der Waals surface area contributed by atoms with Crippen molar-refractivity contribution in [2.45, 2.75) is 11.7 Å². The number of para-hydroxylation sites is 1. The van der Waals surface area contributed by atoms with Crippen molar-refractivity contribution in [3.63, 3.8) is 0 Å². The van der Waals surface area contributed by atoms with E-state index in [1.807, 2.05) is 0 Å². The van der Waals surface area contributed by atoms with Gasteiger partial charge in [-0.1, -0.05) is 30.0 Å². The molecule has 1 atom stereocenters. The average Bonchev–Trinajstić information content (AvgIpc) is 2.60. The molecule has 2 amide bonds. The van der Waals surface area contributed by atoms with Gasteiger partial charge in [0.1, 0.15) is 16.9 Å². The van der Waals surface area contributed by atoms with E-state index in [9.17, 15) is 18.4 Å². The number of nitrogens with one attached hydrogen (secondary N) is 1. The lowest BCUT2D eigenvalue weighted by atomic mass is 10.2. The van der Waals surface area contributed by atoms with Crippen molar-refractivity contribution in [1.29, 1.82) is 0 Å². The fourth-order valence-corrected chi connectivity index (χ4v) is 3.39. The number of carbonyl (C=O) groups excluding carboxylic acids is 2. The zero-order chi connectivity index (χ0) is 18.7. The highest BCUT2D eigenvalue weighted by Crippen LogP contribution is 2.29. The van der Waals surface area contributed by atoms with Crippen molar-refractivity contribution in [1.82, 2.24) is 4.90 Å². The van der Waals surface area contributed by atoms with Crippen LogP contribution in [-0.2, 0) is 9.59 Å². The number of benzene rings is 2. The predicted molar refractivity (Wildman–Crippen MR) is 97.3 cm³/mol. The Labute approximate surface area is 153 Å². The smallest absolute Gasteiger partial charge is 0.238 e. The minimum Gasteiger partial charge on any atom is -0.323 e. The van der Waals surface area contributed by atoms with E-state index in [1.54, 1.807) is 19.2 Å². The van der Waals surface area contributed by atoms with E-state index in [1.165, 1.54) is 41.3 Å². The lowest BCUT2D eigenvalue weighted by molar-refractivity contribution is -0.128. The lowest BCUT2D eigenvalue weighted by Crippen LogP contribution is -2.43. The largest absolute Gasteiger partial charge is 0.323 e. The summed E-state index contributed by atoms with van der Waals surface area (Å²) in [5.41, 5.74) is 0.385. The molecule has 0 aliphatic carbocycles. The number of anilines is 1. The van der Waals surface area contributed by atoms with Gasteiger partial charge in [-0.05, 0) is 30.3 Å². The molecule has 0 spiro atoms. The van der Waals surface area contributed by atoms with Crippen LogP contribution in [0.4, 0.5) is 20.2 Å². The molecule has 2 aromatic rings. The number of rotatable bonds is 3. The maximum absolute atomic E-state index is 13.7. The van der Waals surface area contributed by atoms with Gasteiger partial charge < -0.3 is 5.32 Å². The summed E-state index contributed by atoms with van der Waals surface area (Å²) >= 11 is 1.08. The Morgan fingerprint density at radius 1 is 1.23 bits per heavy atom. The van der Waals surface area contributed by atoms with E-state index in [-0.39, 0.29) is 23.2 Å². The Morgan fingerprint density at radius 2 is 2.00 bits per heavy atom. The summed E-state index contributed by atoms with van der Waals surface area (Å²) in [7, 11) is 1.54. The van der Waals surface area contributed by atoms with Gasteiger partial charge in [0.15, 0.2) is 5.17 Å². The number of aliphatic imine (C=N–C) groups is 1. The van der Waals surface area contributed by atoms with Crippen LogP contribution in [0.2, 0.25) is 0 Å². The van der Waals surface area contributed by atoms with Crippen LogP contribution in [0, 0.1) is 11.6 Å². The van der Waals surface area contributed by atoms with Crippen molar-refractivity contribution >= 4 is 40.1 Å². The summed E-state index contributed by atoms with van der Waals surface area (Å²) < 4.78 is 27.0. The maximum Gasteiger partial charge on any atom is 0.238 e. The van der Waals surface area contributed by atoms with Gasteiger partial charge in [0.2, 0.25) is 11.8 Å². The highest BCUT2D eigenvalue weighted by Gasteiger charge is 2.34. The summed E-state index contributed by atoms with van der Waals surface area (Å²) in [6.07, 6.45) is -0.0381. The van der Waals surface area contributed by atoms with Crippen LogP contribution >= 0.6 is 11.8 Å². The van der Waals surface area contributed by atoms with Gasteiger partial charge in [0.25, 0.3) is 0 Å². The summed E-state index contributed by atoms with van der Waals surface area (Å²) in [5.74, 6) is -1.80. The molecule has 0 saturated carbocycles. The zero-order valence-electron chi connectivity index (χ0n) is 13.8. The van der Waals surface area contributed by atoms with Gasteiger partial charge in [-0.15, -0.1) is 0 Å². The number of hydrogen-bond donors (Lipinski definition) is 1. The number of thioether (sulfide) groups is 1. The first-order chi connectivity index (χ1) is 12.4. The SMILES string of the molecule is CN1C(=O)C[C@@H](C(=O)Nc2ccccc2F)SC1=Nc1cccc(F)c1. The number of hydrogen-bond acceptors (Lipinski definition) is 4. The van der Waals surface area contributed by atoms with E-state index < -0.39 is 22.8 Å². The van der Waals surface area contributed by atoms with Crippen LogP contribution in [0.25, 0.3) is 0 Å². The van der Waals surface area contributed by atoms with Gasteiger partial charge in [0, 0.05) is 13.5 Å². The minimum absolute atomic E-state index is 0.0381. The van der Waals surface area contributed by atoms with Gasteiger partial charge in [-0.3, -0.25) is 14.5 Å². The van der Waals surface area contributed by atoms with E-state index >= 15 is 0 Å². The first-order valence-corrected chi connectivity index (χ1v) is 8.65. The maximum atomic E-state index is 13.7. The Hall–Kier alpha value is -2.74. The molecule has 3 rings (SSSR count). The normalized spacial score (nSPS) is 18.9. The monoisotopic (exact) mass is 375 g/mol. The molecule has 1 aliphatic heterocycles. The molecule has 26 heavy (non-hydrogen) atoms. The summed E-state index contributed by atoms with van der Waals surface area (Å²) in [5, 5.41) is 2.01. The van der Waals surface area contributed by atoms with Crippen LogP contribution in [0.1, 0.15) is 6.42 Å². The fourth-order valence-electron chi connectivity index (χ4n) is 2.33. The lowest BCUT2D eigenvalue weighted by Gasteiger charge is -2.28. The first-order valence-electron chi connectivity index (χ1n) is 7.77. The molecule has 0 unspecified atom stereocenters. The molecule has 1 saturated heterocycles. The molecule has 5 nitrogen and oxygen atoms in total. The standard InChI is InChI=1S/C18H15F2N3O2S/c1-23-16(24)10-15(17(25)22-14-8-3-2-7-13(14)20)26-18(23)21-12-6-4-5-11(19)9-12/h2-9,15H,10H2,1H3,(H,22,25)/t15-/m0/s1. The van der Waals surface area contributed by atoms with Crippen LogP contribution < -0.4 is 5.32 Å². The fraction of sp³-hybridized carbons (Fsp3) is 0.167. The van der Waals surface area contributed by atoms with Crippen LogP contribution in [0.15, 0.2) is 53.5 Å². The van der Waals surface area contributed by atoms with Crippen molar-refractivity contribution in [3.05, 3.63) is 60.2 Å². The molecule has 1 aliphatic rings. The third-order valence-electron chi connectivity index (χ3n) is 3.73. The Morgan fingerprint density at radius 3 is 2.73 bits per heavy atom. The number of amidine groups is 1. The molecular formula is C18H15F2N3O2S. The number of amides is 2. The molecule has 1 N–H and O–H groups in total. The van der Waals surface area contributed by atoms with Crippen LogP contribution in [-0.4, -0.2) is 34.2 Å². The van der Waals surface area contributed by atoms with E-state index in [0.717, 1.165) is 11.8 Å². The van der Waals surface area contributed by atoms with Gasteiger partial charge in [-0.25, -0.2) is 13.8 Å². The van der Waals surface area contributed by atoms with Crippen LogP contribution in [0.5, 0.6) is 0 Å². The molecule has 0 bridgehead atoms. The van der Waals surface area contributed by atoms with Crippen molar-refractivity contribution < 1.29 is 18.4 Å². The van der Waals surface area contributed by atoms with Crippen molar-refractivity contribution in [2.75, 3.05) is 12.4 Å². The zero-order valence-corrected chi connectivity index (χ0v) is 14.6.